The van der Waals surface area contributed by atoms with E-state index >= 15 is 0 Å². The molecule has 2 bridgehead atoms. The summed E-state index contributed by atoms with van der Waals surface area (Å²) in [6.07, 6.45) is 2.20. The Kier molecular flexibility index (Phi) is 3.46. The van der Waals surface area contributed by atoms with Gasteiger partial charge in [0.15, 0.2) is 0 Å². The Morgan fingerprint density at radius 1 is 1.38 bits per heavy atom. The molecule has 2 heterocycles. The van der Waals surface area contributed by atoms with Gasteiger partial charge in [-0.1, -0.05) is 0 Å². The molecule has 6 nitrogen and oxygen atoms in total. The fraction of sp³-hybridized carbons (Fsp3) is 0.462. The molecule has 1 aromatic carbocycles. The number of benzene rings is 1. The van der Waals surface area contributed by atoms with Crippen LogP contribution >= 0.6 is 0 Å². The van der Waals surface area contributed by atoms with E-state index < -0.39 is 26.7 Å². The van der Waals surface area contributed by atoms with Crippen LogP contribution < -0.4 is 4.72 Å². The molecular weight excluding hydrogens is 301 g/mol. The van der Waals surface area contributed by atoms with E-state index in [0.717, 1.165) is 25.0 Å². The van der Waals surface area contributed by atoms with Gasteiger partial charge in [-0.25, -0.2) is 22.3 Å². The number of sulfonamides is 1. The maximum absolute atomic E-state index is 13.9. The van der Waals surface area contributed by atoms with Crippen molar-refractivity contribution < 1.29 is 27.4 Å². The first-order valence-corrected chi connectivity index (χ1v) is 8.06. The molecule has 2 aliphatic heterocycles. The largest absolute Gasteiger partial charge is 0.478 e. The van der Waals surface area contributed by atoms with Gasteiger partial charge in [0.05, 0.1) is 23.8 Å². The van der Waals surface area contributed by atoms with E-state index in [0.29, 0.717) is 12.5 Å². The van der Waals surface area contributed by atoms with E-state index in [2.05, 4.69) is 4.72 Å². The lowest BCUT2D eigenvalue weighted by molar-refractivity contribution is 0.0696. The first-order valence-electron chi connectivity index (χ1n) is 6.57. The quantitative estimate of drug-likeness (QED) is 0.868. The highest BCUT2D eigenvalue weighted by Crippen LogP contribution is 2.35. The van der Waals surface area contributed by atoms with Crippen molar-refractivity contribution in [2.75, 3.05) is 0 Å². The number of carbonyl (C=O) groups is 1. The minimum absolute atomic E-state index is 0.0712. The molecule has 2 fully saturated rings. The first-order chi connectivity index (χ1) is 9.87. The molecule has 0 saturated carbocycles. The smallest absolute Gasteiger partial charge is 0.335 e. The highest BCUT2D eigenvalue weighted by atomic mass is 32.2. The van der Waals surface area contributed by atoms with Crippen molar-refractivity contribution in [3.63, 3.8) is 0 Å². The van der Waals surface area contributed by atoms with Crippen molar-refractivity contribution in [1.82, 2.24) is 4.72 Å². The summed E-state index contributed by atoms with van der Waals surface area (Å²) < 4.78 is 46.3. The molecular formula is C13H14FNO5S. The fourth-order valence-electron chi connectivity index (χ4n) is 2.88. The van der Waals surface area contributed by atoms with E-state index in [1.807, 2.05) is 0 Å². The SMILES string of the molecule is O=C(O)c1ccc(S(=O)(=O)NC2CC3CCC2O3)c(F)c1. The zero-order valence-corrected chi connectivity index (χ0v) is 11.8. The van der Waals surface area contributed by atoms with Gasteiger partial charge in [-0.15, -0.1) is 0 Å². The number of aromatic carboxylic acids is 1. The number of ether oxygens (including phenoxy) is 1. The van der Waals surface area contributed by atoms with Gasteiger partial charge in [0.1, 0.15) is 10.7 Å². The third-order valence-corrected chi connectivity index (χ3v) is 5.40. The second-order valence-electron chi connectivity index (χ2n) is 5.29. The van der Waals surface area contributed by atoms with Crippen molar-refractivity contribution >= 4 is 16.0 Å². The van der Waals surface area contributed by atoms with Crippen molar-refractivity contribution in [3.8, 4) is 0 Å². The third kappa shape index (κ3) is 2.66. The van der Waals surface area contributed by atoms with Crippen LogP contribution in [0.25, 0.3) is 0 Å². The molecule has 0 radical (unpaired) electrons. The van der Waals surface area contributed by atoms with Gasteiger partial charge in [0, 0.05) is 0 Å². The summed E-state index contributed by atoms with van der Waals surface area (Å²) in [5.41, 5.74) is -0.297. The average molecular weight is 315 g/mol. The summed E-state index contributed by atoms with van der Waals surface area (Å²) in [5, 5.41) is 8.76. The lowest BCUT2D eigenvalue weighted by Crippen LogP contribution is -2.41. The van der Waals surface area contributed by atoms with Crippen molar-refractivity contribution in [2.45, 2.75) is 42.4 Å². The molecule has 3 unspecified atom stereocenters. The van der Waals surface area contributed by atoms with Crippen LogP contribution in [0.15, 0.2) is 23.1 Å². The average Bonchev–Trinajstić information content (AvgIpc) is 2.99. The number of halogens is 1. The molecule has 0 aromatic heterocycles. The molecule has 2 N–H and O–H groups in total. The van der Waals surface area contributed by atoms with Crippen LogP contribution in [0.5, 0.6) is 0 Å². The standard InChI is InChI=1S/C13H14FNO5S/c14-9-5-7(13(16)17)1-4-12(9)21(18,19)15-10-6-8-2-3-11(10)20-8/h1,4-5,8,10-11,15H,2-3,6H2,(H,16,17). The van der Waals surface area contributed by atoms with Crippen LogP contribution in [0.4, 0.5) is 4.39 Å². The van der Waals surface area contributed by atoms with Crippen molar-refractivity contribution in [2.24, 2.45) is 0 Å². The number of nitrogens with one attached hydrogen (secondary N) is 1. The molecule has 21 heavy (non-hydrogen) atoms. The lowest BCUT2D eigenvalue weighted by Gasteiger charge is -2.20. The monoisotopic (exact) mass is 315 g/mol. The second kappa shape index (κ2) is 5.04. The fourth-order valence-corrected chi connectivity index (χ4v) is 4.21. The Labute approximate surface area is 121 Å². The third-order valence-electron chi connectivity index (χ3n) is 3.88. The molecule has 2 saturated heterocycles. The highest BCUT2D eigenvalue weighted by Gasteiger charge is 2.42. The molecule has 2 aliphatic rings. The van der Waals surface area contributed by atoms with Crippen LogP contribution in [0.3, 0.4) is 0 Å². The first kappa shape index (κ1) is 14.4. The van der Waals surface area contributed by atoms with Crippen LogP contribution in [-0.4, -0.2) is 37.7 Å². The number of hydrogen-bond acceptors (Lipinski definition) is 4. The highest BCUT2D eigenvalue weighted by molar-refractivity contribution is 7.89. The maximum atomic E-state index is 13.9. The van der Waals surface area contributed by atoms with Crippen LogP contribution in [-0.2, 0) is 14.8 Å². The molecule has 1 aromatic rings. The minimum atomic E-state index is -4.04. The maximum Gasteiger partial charge on any atom is 0.335 e. The normalized spacial score (nSPS) is 28.0. The summed E-state index contributed by atoms with van der Waals surface area (Å²) in [6, 6.07) is 2.38. The van der Waals surface area contributed by atoms with E-state index in [9.17, 15) is 17.6 Å². The zero-order chi connectivity index (χ0) is 15.2. The van der Waals surface area contributed by atoms with Crippen molar-refractivity contribution in [1.29, 1.82) is 0 Å². The summed E-state index contributed by atoms with van der Waals surface area (Å²) in [4.78, 5) is 10.2. The Morgan fingerprint density at radius 2 is 2.14 bits per heavy atom. The topological polar surface area (TPSA) is 92.7 Å². The van der Waals surface area contributed by atoms with Gasteiger partial charge < -0.3 is 9.84 Å². The molecule has 0 aliphatic carbocycles. The molecule has 0 spiro atoms. The molecule has 114 valence electrons. The Bertz CT molecular complexity index is 690. The Hall–Kier alpha value is -1.51. The van der Waals surface area contributed by atoms with E-state index in [1.54, 1.807) is 0 Å². The number of carboxylic acid groups (broad SMARTS) is 1. The van der Waals surface area contributed by atoms with E-state index in [-0.39, 0.29) is 23.8 Å². The minimum Gasteiger partial charge on any atom is -0.478 e. The predicted molar refractivity (Wildman–Crippen MR) is 70.0 cm³/mol. The Morgan fingerprint density at radius 3 is 2.67 bits per heavy atom. The van der Waals surface area contributed by atoms with Crippen LogP contribution in [0, 0.1) is 5.82 Å². The summed E-state index contributed by atoms with van der Waals surface area (Å²) in [6.45, 7) is 0. The van der Waals surface area contributed by atoms with Crippen LogP contribution in [0.1, 0.15) is 29.6 Å². The number of carboxylic acids is 1. The van der Waals surface area contributed by atoms with Gasteiger partial charge in [-0.2, -0.15) is 0 Å². The van der Waals surface area contributed by atoms with E-state index in [1.165, 1.54) is 0 Å². The van der Waals surface area contributed by atoms with Crippen molar-refractivity contribution in [3.05, 3.63) is 29.6 Å². The predicted octanol–water partition coefficient (Wildman–Crippen LogP) is 1.12. The summed E-state index contributed by atoms with van der Waals surface area (Å²) in [7, 11) is -4.04. The van der Waals surface area contributed by atoms with Gasteiger partial charge >= 0.3 is 5.97 Å². The number of fused-ring (bicyclic) bond motifs is 2. The Balaban J connectivity index is 1.83. The van der Waals surface area contributed by atoms with Gasteiger partial charge in [-0.3, -0.25) is 0 Å². The van der Waals surface area contributed by atoms with E-state index in [4.69, 9.17) is 9.84 Å². The van der Waals surface area contributed by atoms with Crippen LogP contribution in [0.2, 0.25) is 0 Å². The zero-order valence-electron chi connectivity index (χ0n) is 11.0. The van der Waals surface area contributed by atoms with Gasteiger partial charge in [0.25, 0.3) is 0 Å². The molecule has 8 heteroatoms. The molecule has 0 amide bonds. The summed E-state index contributed by atoms with van der Waals surface area (Å²) >= 11 is 0. The van der Waals surface area contributed by atoms with Gasteiger partial charge in [0.2, 0.25) is 10.0 Å². The molecule has 3 atom stereocenters. The number of hydrogen-bond donors (Lipinski definition) is 2. The summed E-state index contributed by atoms with van der Waals surface area (Å²) in [5.74, 6) is -2.39. The number of rotatable bonds is 4. The second-order valence-corrected chi connectivity index (χ2v) is 6.97. The van der Waals surface area contributed by atoms with Gasteiger partial charge in [-0.05, 0) is 37.5 Å². The lowest BCUT2D eigenvalue weighted by atomic mass is 9.96. The molecule has 3 rings (SSSR count).